The van der Waals surface area contributed by atoms with Gasteiger partial charge in [0.2, 0.25) is 0 Å². The zero-order chi connectivity index (χ0) is 15.7. The minimum absolute atomic E-state index is 0.0606. The van der Waals surface area contributed by atoms with E-state index in [1.807, 2.05) is 6.07 Å². The minimum atomic E-state index is -1.50. The van der Waals surface area contributed by atoms with Crippen LogP contribution in [-0.2, 0) is 19.5 Å². The second kappa shape index (κ2) is 5.81. The fraction of sp³-hybridized carbons (Fsp3) is 0.333. The van der Waals surface area contributed by atoms with Gasteiger partial charge in [0.25, 0.3) is 0 Å². The van der Waals surface area contributed by atoms with Crippen molar-refractivity contribution in [1.29, 1.82) is 5.26 Å². The van der Waals surface area contributed by atoms with Crippen molar-refractivity contribution in [2.45, 2.75) is 25.9 Å². The van der Waals surface area contributed by atoms with Crippen LogP contribution >= 0.6 is 0 Å². The van der Waals surface area contributed by atoms with Crippen LogP contribution in [0.2, 0.25) is 0 Å². The third kappa shape index (κ3) is 2.35. The molecule has 0 saturated carbocycles. The molecule has 1 aliphatic heterocycles. The van der Waals surface area contributed by atoms with Gasteiger partial charge in [-0.3, -0.25) is 4.68 Å². The molecule has 0 saturated heterocycles. The van der Waals surface area contributed by atoms with Gasteiger partial charge in [0.15, 0.2) is 17.5 Å². The molecule has 0 radical (unpaired) electrons. The van der Waals surface area contributed by atoms with Gasteiger partial charge in [-0.25, -0.2) is 13.2 Å². The smallest absolute Gasteiger partial charge is 0.195 e. The van der Waals surface area contributed by atoms with Crippen LogP contribution in [0.4, 0.5) is 13.2 Å². The topological polar surface area (TPSA) is 53.6 Å². The first kappa shape index (κ1) is 14.6. The highest BCUT2D eigenvalue weighted by atomic mass is 19.2. The monoisotopic (exact) mass is 306 g/mol. The van der Waals surface area contributed by atoms with Crippen LogP contribution in [0.25, 0.3) is 11.3 Å². The van der Waals surface area contributed by atoms with Gasteiger partial charge in [0.05, 0.1) is 19.0 Å². The number of hydrogen-bond acceptors (Lipinski definition) is 3. The van der Waals surface area contributed by atoms with E-state index in [0.717, 1.165) is 23.9 Å². The Labute approximate surface area is 125 Å². The molecule has 0 bridgehead atoms. The van der Waals surface area contributed by atoms with E-state index >= 15 is 0 Å². The number of benzene rings is 1. The van der Waals surface area contributed by atoms with Crippen LogP contribution in [0.5, 0.6) is 0 Å². The Morgan fingerprint density at radius 1 is 1.27 bits per heavy atom. The largest absolute Gasteiger partial charge is 0.312 e. The summed E-state index contributed by atoms with van der Waals surface area (Å²) in [5.41, 5.74) is 1.92. The van der Waals surface area contributed by atoms with Crippen molar-refractivity contribution in [3.05, 3.63) is 40.8 Å². The lowest BCUT2D eigenvalue weighted by Gasteiger charge is -2.15. The Hall–Kier alpha value is -2.33. The standard InChI is InChI=1S/C15H13F3N4/c16-11-3-2-9(13(17)14(11)18)15-10-8-20-6-4-12(10)22(21-15)7-1-5-19/h2-3,20H,1,4,6-8H2. The molecule has 0 atom stereocenters. The zero-order valence-corrected chi connectivity index (χ0v) is 11.7. The maximum absolute atomic E-state index is 14.0. The van der Waals surface area contributed by atoms with Crippen molar-refractivity contribution in [2.24, 2.45) is 0 Å². The number of fused-ring (bicyclic) bond motifs is 1. The molecule has 0 spiro atoms. The van der Waals surface area contributed by atoms with Crippen LogP contribution in [0.1, 0.15) is 17.7 Å². The summed E-state index contributed by atoms with van der Waals surface area (Å²) in [4.78, 5) is 0. The van der Waals surface area contributed by atoms with Crippen molar-refractivity contribution < 1.29 is 13.2 Å². The quantitative estimate of drug-likeness (QED) is 0.887. The fourth-order valence-electron chi connectivity index (χ4n) is 2.69. The average molecular weight is 306 g/mol. The van der Waals surface area contributed by atoms with Crippen molar-refractivity contribution in [2.75, 3.05) is 6.54 Å². The number of rotatable bonds is 3. The lowest BCUT2D eigenvalue weighted by Crippen LogP contribution is -2.25. The van der Waals surface area contributed by atoms with Gasteiger partial charge >= 0.3 is 0 Å². The predicted octanol–water partition coefficient (Wildman–Crippen LogP) is 2.53. The SMILES string of the molecule is N#CCCn1nc(-c2ccc(F)c(F)c2F)c2c1CCNC2. The molecule has 1 aromatic carbocycles. The first-order valence-corrected chi connectivity index (χ1v) is 6.93. The molecule has 3 rings (SSSR count). The molecule has 1 N–H and O–H groups in total. The summed E-state index contributed by atoms with van der Waals surface area (Å²) in [6.45, 7) is 1.63. The highest BCUT2D eigenvalue weighted by molar-refractivity contribution is 5.65. The number of nitriles is 1. The lowest BCUT2D eigenvalue weighted by atomic mass is 10.0. The number of aromatic nitrogens is 2. The number of nitrogens with zero attached hydrogens (tertiary/aromatic N) is 3. The molecule has 4 nitrogen and oxygen atoms in total. The minimum Gasteiger partial charge on any atom is -0.312 e. The van der Waals surface area contributed by atoms with E-state index in [1.165, 1.54) is 6.07 Å². The van der Waals surface area contributed by atoms with E-state index in [2.05, 4.69) is 10.4 Å². The Morgan fingerprint density at radius 3 is 2.86 bits per heavy atom. The molecule has 22 heavy (non-hydrogen) atoms. The van der Waals surface area contributed by atoms with Gasteiger partial charge in [-0.15, -0.1) is 0 Å². The Balaban J connectivity index is 2.13. The van der Waals surface area contributed by atoms with Crippen LogP contribution < -0.4 is 5.32 Å². The molecule has 114 valence electrons. The third-order valence-electron chi connectivity index (χ3n) is 3.73. The van der Waals surface area contributed by atoms with E-state index in [0.29, 0.717) is 25.2 Å². The highest BCUT2D eigenvalue weighted by Crippen LogP contribution is 2.31. The maximum atomic E-state index is 14.0. The van der Waals surface area contributed by atoms with Crippen molar-refractivity contribution >= 4 is 0 Å². The lowest BCUT2D eigenvalue weighted by molar-refractivity contribution is 0.448. The van der Waals surface area contributed by atoms with E-state index in [9.17, 15) is 13.2 Å². The van der Waals surface area contributed by atoms with Crippen molar-refractivity contribution in [1.82, 2.24) is 15.1 Å². The second-order valence-corrected chi connectivity index (χ2v) is 5.05. The number of halogens is 3. The van der Waals surface area contributed by atoms with E-state index < -0.39 is 17.5 Å². The van der Waals surface area contributed by atoms with Crippen molar-refractivity contribution in [3.8, 4) is 17.3 Å². The Bertz CT molecular complexity index is 761. The van der Waals surface area contributed by atoms with Gasteiger partial charge in [-0.1, -0.05) is 0 Å². The van der Waals surface area contributed by atoms with Gasteiger partial charge in [0.1, 0.15) is 5.69 Å². The number of aryl methyl sites for hydroxylation is 1. The molecule has 0 amide bonds. The van der Waals surface area contributed by atoms with Crippen molar-refractivity contribution in [3.63, 3.8) is 0 Å². The summed E-state index contributed by atoms with van der Waals surface area (Å²) in [5, 5.41) is 16.2. The highest BCUT2D eigenvalue weighted by Gasteiger charge is 2.25. The van der Waals surface area contributed by atoms with E-state index in [-0.39, 0.29) is 12.0 Å². The summed E-state index contributed by atoms with van der Waals surface area (Å²) < 4.78 is 42.3. The molecule has 1 aliphatic rings. The molecule has 1 aromatic heterocycles. The summed E-state index contributed by atoms with van der Waals surface area (Å²) in [6, 6.07) is 4.13. The molecular formula is C15H13F3N4. The third-order valence-corrected chi connectivity index (χ3v) is 3.73. The van der Waals surface area contributed by atoms with Crippen LogP contribution in [-0.4, -0.2) is 16.3 Å². The zero-order valence-electron chi connectivity index (χ0n) is 11.7. The van der Waals surface area contributed by atoms with Crippen LogP contribution in [0.3, 0.4) is 0 Å². The van der Waals surface area contributed by atoms with Gasteiger partial charge in [-0.05, 0) is 12.1 Å². The summed E-state index contributed by atoms with van der Waals surface area (Å²) in [7, 11) is 0. The molecule has 0 fully saturated rings. The predicted molar refractivity (Wildman–Crippen MR) is 73.2 cm³/mol. The van der Waals surface area contributed by atoms with Crippen LogP contribution in [0.15, 0.2) is 12.1 Å². The summed E-state index contributed by atoms with van der Waals surface area (Å²) >= 11 is 0. The summed E-state index contributed by atoms with van der Waals surface area (Å²) in [5.74, 6) is -3.96. The molecule has 0 aliphatic carbocycles. The second-order valence-electron chi connectivity index (χ2n) is 5.05. The number of hydrogen-bond donors (Lipinski definition) is 1. The maximum Gasteiger partial charge on any atom is 0.195 e. The van der Waals surface area contributed by atoms with Gasteiger partial charge < -0.3 is 5.32 Å². The first-order valence-electron chi connectivity index (χ1n) is 6.93. The van der Waals surface area contributed by atoms with E-state index in [4.69, 9.17) is 5.26 Å². The van der Waals surface area contributed by atoms with Crippen LogP contribution in [0, 0.1) is 28.8 Å². The molecule has 2 aromatic rings. The molecule has 2 heterocycles. The average Bonchev–Trinajstić information content (AvgIpc) is 2.90. The molecule has 7 heteroatoms. The van der Waals surface area contributed by atoms with Gasteiger partial charge in [0, 0.05) is 36.3 Å². The molecule has 0 unspecified atom stereocenters. The Morgan fingerprint density at radius 2 is 2.09 bits per heavy atom. The fourth-order valence-corrected chi connectivity index (χ4v) is 2.69. The normalized spacial score (nSPS) is 13.7. The Kier molecular flexibility index (Phi) is 3.86. The molecular weight excluding hydrogens is 293 g/mol. The van der Waals surface area contributed by atoms with E-state index in [1.54, 1.807) is 4.68 Å². The first-order chi connectivity index (χ1) is 10.6. The summed E-state index contributed by atoms with van der Waals surface area (Å²) in [6.07, 6.45) is 0.973. The van der Waals surface area contributed by atoms with Gasteiger partial charge in [-0.2, -0.15) is 10.4 Å². The number of nitrogens with one attached hydrogen (secondary N) is 1.